The summed E-state index contributed by atoms with van der Waals surface area (Å²) < 4.78 is 5.54. The van der Waals surface area contributed by atoms with Crippen molar-refractivity contribution >= 4 is 28.6 Å². The lowest BCUT2D eigenvalue weighted by Crippen LogP contribution is -2.41. The van der Waals surface area contributed by atoms with Crippen LogP contribution in [0.3, 0.4) is 0 Å². The van der Waals surface area contributed by atoms with Crippen molar-refractivity contribution in [2.24, 2.45) is 0 Å². The molecule has 0 aliphatic carbocycles. The van der Waals surface area contributed by atoms with Crippen LogP contribution in [0, 0.1) is 0 Å². The smallest absolute Gasteiger partial charge is 0.410 e. The minimum absolute atomic E-state index is 0.209. The molecule has 3 aromatic rings. The van der Waals surface area contributed by atoms with Crippen molar-refractivity contribution in [3.8, 4) is 11.3 Å². The highest BCUT2D eigenvalue weighted by molar-refractivity contribution is 6.29. The van der Waals surface area contributed by atoms with Gasteiger partial charge in [0, 0.05) is 35.8 Å². The predicted octanol–water partition coefficient (Wildman–Crippen LogP) is 7.12. The number of H-pyrrole nitrogens is 1. The van der Waals surface area contributed by atoms with Crippen LogP contribution >= 0.6 is 11.6 Å². The van der Waals surface area contributed by atoms with Gasteiger partial charge in [0.05, 0.1) is 5.69 Å². The summed E-state index contributed by atoms with van der Waals surface area (Å²) in [6.45, 7) is 11.6. The van der Waals surface area contributed by atoms with Crippen molar-refractivity contribution in [2.75, 3.05) is 13.1 Å². The van der Waals surface area contributed by atoms with Crippen LogP contribution in [0.4, 0.5) is 4.79 Å². The number of pyridine rings is 1. The number of carbonyl (C=O) groups is 1. The van der Waals surface area contributed by atoms with Gasteiger partial charge in [-0.3, -0.25) is 0 Å². The average molecular weight is 454 g/mol. The molecular weight excluding hydrogens is 422 g/mol. The molecule has 6 heteroatoms. The van der Waals surface area contributed by atoms with Crippen LogP contribution in [0.2, 0.25) is 5.15 Å². The van der Waals surface area contributed by atoms with Gasteiger partial charge in [-0.15, -0.1) is 0 Å². The molecule has 1 saturated heterocycles. The zero-order valence-corrected chi connectivity index (χ0v) is 20.3. The van der Waals surface area contributed by atoms with E-state index in [0.29, 0.717) is 17.0 Å². The molecule has 2 aromatic heterocycles. The van der Waals surface area contributed by atoms with Crippen molar-refractivity contribution in [3.05, 3.63) is 52.8 Å². The van der Waals surface area contributed by atoms with Crippen molar-refractivity contribution < 1.29 is 9.53 Å². The predicted molar refractivity (Wildman–Crippen MR) is 130 cm³/mol. The van der Waals surface area contributed by atoms with Crippen LogP contribution in [0.1, 0.15) is 70.4 Å². The first-order valence-electron chi connectivity index (χ1n) is 11.4. The lowest BCUT2D eigenvalue weighted by atomic mass is 9.87. The number of hydrogen-bond donors (Lipinski definition) is 1. The third kappa shape index (κ3) is 4.78. The number of halogens is 1. The Morgan fingerprint density at radius 1 is 1.19 bits per heavy atom. The van der Waals surface area contributed by atoms with Gasteiger partial charge in [-0.25, -0.2) is 9.78 Å². The average Bonchev–Trinajstić information content (AvgIpc) is 3.12. The molecule has 1 fully saturated rings. The Bertz CT molecular complexity index is 1120. The highest BCUT2D eigenvalue weighted by atomic mass is 35.5. The van der Waals surface area contributed by atoms with Crippen molar-refractivity contribution in [3.63, 3.8) is 0 Å². The van der Waals surface area contributed by atoms with Gasteiger partial charge in [0.25, 0.3) is 0 Å². The largest absolute Gasteiger partial charge is 0.444 e. The Labute approximate surface area is 195 Å². The maximum Gasteiger partial charge on any atom is 0.410 e. The summed E-state index contributed by atoms with van der Waals surface area (Å²) in [5.74, 6) is 0.793. The highest BCUT2D eigenvalue weighted by Gasteiger charge is 2.28. The SMILES string of the molecule is CC(C)c1c(-c2ccnc(Cl)c2)[nH]c2ccc(C3CCN(C(=O)OC(C)(C)C)CC3)cc12. The van der Waals surface area contributed by atoms with E-state index in [-0.39, 0.29) is 6.09 Å². The number of fused-ring (bicyclic) bond motifs is 1. The fraction of sp³-hybridized carbons (Fsp3) is 0.462. The van der Waals surface area contributed by atoms with E-state index >= 15 is 0 Å². The maximum atomic E-state index is 12.4. The summed E-state index contributed by atoms with van der Waals surface area (Å²) in [6.07, 6.45) is 3.43. The summed E-state index contributed by atoms with van der Waals surface area (Å²) in [7, 11) is 0. The van der Waals surface area contributed by atoms with Gasteiger partial charge in [0.2, 0.25) is 0 Å². The number of nitrogens with zero attached hydrogens (tertiary/aromatic N) is 2. The number of aromatic amines is 1. The number of nitrogens with one attached hydrogen (secondary N) is 1. The molecule has 0 saturated carbocycles. The van der Waals surface area contributed by atoms with E-state index < -0.39 is 5.60 Å². The van der Waals surface area contributed by atoms with E-state index in [1.165, 1.54) is 16.5 Å². The Morgan fingerprint density at radius 2 is 1.91 bits per heavy atom. The van der Waals surface area contributed by atoms with Gasteiger partial charge in [-0.1, -0.05) is 31.5 Å². The molecule has 0 spiro atoms. The molecule has 0 atom stereocenters. The molecular formula is C26H32ClN3O2. The minimum atomic E-state index is -0.461. The molecule has 3 heterocycles. The number of rotatable bonds is 3. The van der Waals surface area contributed by atoms with Crippen LogP contribution in [0.5, 0.6) is 0 Å². The summed E-state index contributed by atoms with van der Waals surface area (Å²) in [5, 5.41) is 1.75. The topological polar surface area (TPSA) is 58.2 Å². The standard InChI is InChI=1S/C26H32ClN3O2/c1-16(2)23-20-14-18(17-9-12-30(13-10-17)25(31)32-26(3,4)5)6-7-21(20)29-24(23)19-8-11-28-22(27)15-19/h6-8,11,14-17,29H,9-10,12-13H2,1-5H3. The number of aromatic nitrogens is 2. The number of piperidine rings is 1. The third-order valence-corrected chi connectivity index (χ3v) is 6.28. The minimum Gasteiger partial charge on any atom is -0.444 e. The molecule has 1 amide bonds. The Balaban J connectivity index is 1.59. The number of benzene rings is 1. The molecule has 0 radical (unpaired) electrons. The summed E-state index contributed by atoms with van der Waals surface area (Å²) in [5.41, 5.74) is 5.47. The quantitative estimate of drug-likeness (QED) is 0.429. The zero-order chi connectivity index (χ0) is 23.0. The van der Waals surface area contributed by atoms with Crippen LogP contribution in [0.15, 0.2) is 36.5 Å². The molecule has 4 rings (SSSR count). The maximum absolute atomic E-state index is 12.4. The number of ether oxygens (including phenoxy) is 1. The monoisotopic (exact) mass is 453 g/mol. The number of carbonyl (C=O) groups excluding carboxylic acids is 1. The Kier molecular flexibility index (Phi) is 6.22. The van der Waals surface area contributed by atoms with E-state index in [2.05, 4.69) is 42.0 Å². The van der Waals surface area contributed by atoms with Gasteiger partial charge in [-0.05, 0) is 80.8 Å². The first-order valence-corrected chi connectivity index (χ1v) is 11.8. The van der Waals surface area contributed by atoms with Crippen LogP contribution in [-0.2, 0) is 4.74 Å². The molecule has 0 bridgehead atoms. The molecule has 32 heavy (non-hydrogen) atoms. The summed E-state index contributed by atoms with van der Waals surface area (Å²) in [6, 6.07) is 10.6. The molecule has 1 aliphatic rings. The van der Waals surface area contributed by atoms with Gasteiger partial charge >= 0.3 is 6.09 Å². The first-order chi connectivity index (χ1) is 15.1. The fourth-order valence-electron chi connectivity index (χ4n) is 4.59. The van der Waals surface area contributed by atoms with Crippen molar-refractivity contribution in [1.29, 1.82) is 0 Å². The summed E-state index contributed by atoms with van der Waals surface area (Å²) in [4.78, 5) is 22.0. The van der Waals surface area contributed by atoms with E-state index in [4.69, 9.17) is 16.3 Å². The molecule has 1 aliphatic heterocycles. The van der Waals surface area contributed by atoms with Crippen LogP contribution < -0.4 is 0 Å². The molecule has 5 nitrogen and oxygen atoms in total. The Morgan fingerprint density at radius 3 is 2.53 bits per heavy atom. The fourth-order valence-corrected chi connectivity index (χ4v) is 4.77. The van der Waals surface area contributed by atoms with Gasteiger partial charge in [0.15, 0.2) is 0 Å². The normalized spacial score (nSPS) is 15.5. The zero-order valence-electron chi connectivity index (χ0n) is 19.5. The van der Waals surface area contributed by atoms with Crippen LogP contribution in [-0.4, -0.2) is 39.7 Å². The van der Waals surface area contributed by atoms with E-state index in [0.717, 1.165) is 42.7 Å². The molecule has 170 valence electrons. The molecule has 1 N–H and O–H groups in total. The van der Waals surface area contributed by atoms with Gasteiger partial charge in [-0.2, -0.15) is 0 Å². The molecule has 0 unspecified atom stereocenters. The second-order valence-corrected chi connectivity index (χ2v) is 10.4. The van der Waals surface area contributed by atoms with Crippen LogP contribution in [0.25, 0.3) is 22.2 Å². The van der Waals surface area contributed by atoms with E-state index in [1.807, 2.05) is 37.8 Å². The number of hydrogen-bond acceptors (Lipinski definition) is 3. The molecule has 1 aromatic carbocycles. The number of likely N-dealkylation sites (tertiary alicyclic amines) is 1. The van der Waals surface area contributed by atoms with Crippen molar-refractivity contribution in [2.45, 2.75) is 64.9 Å². The van der Waals surface area contributed by atoms with Gasteiger partial charge < -0.3 is 14.6 Å². The number of amides is 1. The lowest BCUT2D eigenvalue weighted by molar-refractivity contribution is 0.0205. The highest BCUT2D eigenvalue weighted by Crippen LogP contribution is 2.38. The third-order valence-electron chi connectivity index (χ3n) is 6.07. The van der Waals surface area contributed by atoms with E-state index in [1.54, 1.807) is 6.20 Å². The first kappa shape index (κ1) is 22.7. The van der Waals surface area contributed by atoms with E-state index in [9.17, 15) is 4.79 Å². The lowest BCUT2D eigenvalue weighted by Gasteiger charge is -2.33. The second-order valence-electron chi connectivity index (χ2n) is 9.98. The van der Waals surface area contributed by atoms with Gasteiger partial charge in [0.1, 0.15) is 10.8 Å². The Hall–Kier alpha value is -2.53. The second kappa shape index (κ2) is 8.78. The summed E-state index contributed by atoms with van der Waals surface area (Å²) >= 11 is 6.16. The van der Waals surface area contributed by atoms with Crippen molar-refractivity contribution in [1.82, 2.24) is 14.9 Å².